The first-order valence-corrected chi connectivity index (χ1v) is 11.9. The summed E-state index contributed by atoms with van der Waals surface area (Å²) in [6.07, 6.45) is 8.46. The number of nitrogens with zero attached hydrogens (tertiary/aromatic N) is 1. The normalized spacial score (nSPS) is 18.7. The Morgan fingerprint density at radius 1 is 0.875 bits per heavy atom. The molecule has 0 spiro atoms. The average Bonchev–Trinajstić information content (AvgIpc) is 2.80. The number of hydrogen-bond donors (Lipinski definition) is 0. The van der Waals surface area contributed by atoms with Crippen molar-refractivity contribution >= 4 is 11.9 Å². The lowest BCUT2D eigenvalue weighted by atomic mass is 9.76. The van der Waals surface area contributed by atoms with Crippen LogP contribution in [0.3, 0.4) is 0 Å². The van der Waals surface area contributed by atoms with E-state index in [9.17, 15) is 0 Å². The summed E-state index contributed by atoms with van der Waals surface area (Å²) < 4.78 is 0. The summed E-state index contributed by atoms with van der Waals surface area (Å²) in [5.74, 6) is 1.56. The highest BCUT2D eigenvalue weighted by molar-refractivity contribution is 5.83. The second-order valence-electron chi connectivity index (χ2n) is 9.67. The van der Waals surface area contributed by atoms with Crippen LogP contribution in [0.5, 0.6) is 0 Å². The molecule has 0 unspecified atom stereocenters. The van der Waals surface area contributed by atoms with Crippen LogP contribution >= 0.6 is 0 Å². The first-order valence-electron chi connectivity index (χ1n) is 11.9. The number of rotatable bonds is 6. The van der Waals surface area contributed by atoms with Crippen molar-refractivity contribution < 1.29 is 0 Å². The molecule has 0 atom stereocenters. The molecule has 1 aliphatic rings. The van der Waals surface area contributed by atoms with Gasteiger partial charge < -0.3 is 0 Å². The average molecular weight is 422 g/mol. The van der Waals surface area contributed by atoms with Crippen LogP contribution in [0, 0.1) is 19.8 Å². The maximum Gasteiger partial charge on any atom is 0.0661 e. The first-order chi connectivity index (χ1) is 15.5. The van der Waals surface area contributed by atoms with E-state index in [4.69, 9.17) is 4.99 Å². The van der Waals surface area contributed by atoms with E-state index in [0.717, 1.165) is 17.2 Å². The van der Waals surface area contributed by atoms with Gasteiger partial charge in [-0.2, -0.15) is 0 Å². The zero-order valence-corrected chi connectivity index (χ0v) is 19.8. The smallest absolute Gasteiger partial charge is 0.0661 e. The van der Waals surface area contributed by atoms with Crippen molar-refractivity contribution in [1.29, 1.82) is 0 Å². The summed E-state index contributed by atoms with van der Waals surface area (Å²) in [7, 11) is 0. The van der Waals surface area contributed by atoms with Gasteiger partial charge >= 0.3 is 0 Å². The van der Waals surface area contributed by atoms with Crippen LogP contribution in [-0.4, -0.2) is 6.21 Å². The molecular weight excluding hydrogens is 386 g/mol. The monoisotopic (exact) mass is 421 g/mol. The van der Waals surface area contributed by atoms with Gasteiger partial charge in [-0.25, -0.2) is 0 Å². The van der Waals surface area contributed by atoms with Gasteiger partial charge in [0.15, 0.2) is 0 Å². The Bertz CT molecular complexity index is 1080. The Labute approximate surface area is 193 Å². The molecule has 0 N–H and O–H groups in total. The Morgan fingerprint density at radius 3 is 2.12 bits per heavy atom. The van der Waals surface area contributed by atoms with Gasteiger partial charge in [-0.1, -0.05) is 66.2 Å². The van der Waals surface area contributed by atoms with E-state index in [2.05, 4.69) is 94.1 Å². The van der Waals surface area contributed by atoms with Crippen molar-refractivity contribution in [3.05, 3.63) is 101 Å². The molecule has 1 fully saturated rings. The van der Waals surface area contributed by atoms with Gasteiger partial charge in [0.25, 0.3) is 0 Å². The lowest BCUT2D eigenvalue weighted by Gasteiger charge is -2.29. The molecule has 0 heterocycles. The molecule has 0 amide bonds. The van der Waals surface area contributed by atoms with Crippen molar-refractivity contribution in [2.75, 3.05) is 0 Å². The maximum absolute atomic E-state index is 4.69. The molecule has 4 rings (SSSR count). The maximum atomic E-state index is 4.69. The van der Waals surface area contributed by atoms with E-state index in [1.54, 1.807) is 0 Å². The molecule has 1 aliphatic carbocycles. The van der Waals surface area contributed by atoms with Crippen molar-refractivity contribution in [1.82, 2.24) is 0 Å². The highest BCUT2D eigenvalue weighted by Gasteiger charge is 2.22. The fourth-order valence-electron chi connectivity index (χ4n) is 4.90. The van der Waals surface area contributed by atoms with Crippen LogP contribution in [0.1, 0.15) is 67.2 Å². The van der Waals surface area contributed by atoms with E-state index in [1.807, 2.05) is 6.21 Å². The lowest BCUT2D eigenvalue weighted by molar-refractivity contribution is 0.324. The van der Waals surface area contributed by atoms with Crippen LogP contribution in [-0.2, 0) is 0 Å². The van der Waals surface area contributed by atoms with Crippen molar-refractivity contribution in [2.24, 2.45) is 10.9 Å². The molecule has 0 aliphatic heterocycles. The van der Waals surface area contributed by atoms with E-state index < -0.39 is 0 Å². The largest absolute Gasteiger partial charge is 0.256 e. The lowest BCUT2D eigenvalue weighted by Crippen LogP contribution is -2.13. The number of hydrogen-bond acceptors (Lipinski definition) is 1. The van der Waals surface area contributed by atoms with Gasteiger partial charge in [-0.3, -0.25) is 4.99 Å². The Hall–Kier alpha value is -2.93. The summed E-state index contributed by atoms with van der Waals surface area (Å²) in [5.41, 5.74) is 9.97. The molecule has 1 nitrogen and oxygen atoms in total. The Kier molecular flexibility index (Phi) is 7.05. The Balaban J connectivity index is 1.39. The molecule has 3 aromatic rings. The molecule has 3 aromatic carbocycles. The third-order valence-corrected chi connectivity index (χ3v) is 6.83. The predicted molar refractivity (Wildman–Crippen MR) is 139 cm³/mol. The molecule has 0 radical (unpaired) electrons. The quantitative estimate of drug-likeness (QED) is 0.278. The van der Waals surface area contributed by atoms with Crippen molar-refractivity contribution in [3.8, 4) is 11.1 Å². The summed E-state index contributed by atoms with van der Waals surface area (Å²) in [6, 6.07) is 24.3. The standard InChI is InChI=1S/C31H35N/c1-22(2)19-25-7-11-27(12-8-25)29-15-17-30(18-16-29)28-13-9-26(10-14-28)21-32-31-20-23(3)5-6-24(31)4/h5-6,9-10,13-18,20-21,25,27H,1,7-8,11-12,19H2,2-4H3. The van der Waals surface area contributed by atoms with Crippen molar-refractivity contribution in [3.63, 3.8) is 0 Å². The fourth-order valence-corrected chi connectivity index (χ4v) is 4.90. The van der Waals surface area contributed by atoms with Gasteiger partial charge in [0, 0.05) is 6.21 Å². The minimum absolute atomic E-state index is 0.717. The summed E-state index contributed by atoms with van der Waals surface area (Å²) in [6.45, 7) is 10.5. The number of allylic oxidation sites excluding steroid dienone is 1. The minimum Gasteiger partial charge on any atom is -0.256 e. The zero-order chi connectivity index (χ0) is 22.5. The Morgan fingerprint density at radius 2 is 1.50 bits per heavy atom. The number of aliphatic imine (C=N–C) groups is 1. The first kappa shape index (κ1) is 22.3. The number of benzene rings is 3. The fraction of sp³-hybridized carbons (Fsp3) is 0.323. The summed E-state index contributed by atoms with van der Waals surface area (Å²) in [4.78, 5) is 4.69. The SMILES string of the molecule is C=C(C)CC1CCC(c2ccc(-c3ccc(C=Nc4cc(C)ccc4C)cc3)cc2)CC1. The van der Waals surface area contributed by atoms with E-state index in [1.165, 1.54) is 65.5 Å². The molecule has 0 bridgehead atoms. The van der Waals surface area contributed by atoms with E-state index in [0.29, 0.717) is 5.92 Å². The molecule has 0 aromatic heterocycles. The summed E-state index contributed by atoms with van der Waals surface area (Å²) in [5, 5.41) is 0. The highest BCUT2D eigenvalue weighted by atomic mass is 14.7. The minimum atomic E-state index is 0.717. The molecule has 164 valence electrons. The van der Waals surface area contributed by atoms with Gasteiger partial charge in [-0.15, -0.1) is 6.58 Å². The third-order valence-electron chi connectivity index (χ3n) is 6.83. The number of aryl methyl sites for hydroxylation is 2. The second-order valence-corrected chi connectivity index (χ2v) is 9.67. The van der Waals surface area contributed by atoms with Crippen LogP contribution in [0.25, 0.3) is 11.1 Å². The van der Waals surface area contributed by atoms with Gasteiger partial charge in [0.2, 0.25) is 0 Å². The van der Waals surface area contributed by atoms with Crippen LogP contribution in [0.4, 0.5) is 5.69 Å². The summed E-state index contributed by atoms with van der Waals surface area (Å²) >= 11 is 0. The predicted octanol–water partition coefficient (Wildman–Crippen LogP) is 8.96. The molecule has 32 heavy (non-hydrogen) atoms. The topological polar surface area (TPSA) is 12.4 Å². The van der Waals surface area contributed by atoms with Gasteiger partial charge in [-0.05, 0) is 104 Å². The molecule has 1 heteroatoms. The highest BCUT2D eigenvalue weighted by Crippen LogP contribution is 2.38. The molecule has 0 saturated heterocycles. The van der Waals surface area contributed by atoms with Crippen molar-refractivity contribution in [2.45, 2.75) is 58.8 Å². The van der Waals surface area contributed by atoms with Gasteiger partial charge in [0.1, 0.15) is 0 Å². The molecular formula is C31H35N. The zero-order valence-electron chi connectivity index (χ0n) is 19.8. The van der Waals surface area contributed by atoms with Crippen LogP contribution in [0.15, 0.2) is 83.9 Å². The van der Waals surface area contributed by atoms with Crippen LogP contribution in [0.2, 0.25) is 0 Å². The second kappa shape index (κ2) is 10.1. The van der Waals surface area contributed by atoms with Gasteiger partial charge in [0.05, 0.1) is 5.69 Å². The van der Waals surface area contributed by atoms with E-state index >= 15 is 0 Å². The van der Waals surface area contributed by atoms with E-state index in [-0.39, 0.29) is 0 Å². The third kappa shape index (κ3) is 5.65. The molecule has 1 saturated carbocycles. The van der Waals surface area contributed by atoms with Crippen LogP contribution < -0.4 is 0 Å².